The number of rotatable bonds is 5. The summed E-state index contributed by atoms with van der Waals surface area (Å²) in [5, 5.41) is 4.01. The van der Waals surface area contributed by atoms with Crippen LogP contribution >= 0.6 is 23.2 Å². The summed E-state index contributed by atoms with van der Waals surface area (Å²) in [7, 11) is 0. The molecular weight excluding hydrogens is 347 g/mol. The number of halogens is 2. The van der Waals surface area contributed by atoms with Gasteiger partial charge in [0.05, 0.1) is 16.0 Å². The molecule has 130 valence electrons. The van der Waals surface area contributed by atoms with Gasteiger partial charge in [0.2, 0.25) is 11.8 Å². The van der Waals surface area contributed by atoms with Gasteiger partial charge in [-0.15, -0.1) is 0 Å². The Morgan fingerprint density at radius 3 is 2.71 bits per heavy atom. The Balaban J connectivity index is 1.94. The van der Waals surface area contributed by atoms with Crippen molar-refractivity contribution >= 4 is 35.0 Å². The Morgan fingerprint density at radius 1 is 1.38 bits per heavy atom. The maximum Gasteiger partial charge on any atom is 0.245 e. The number of hydrogen-bond donors (Lipinski definition) is 1. The normalized spacial score (nSPS) is 17.7. The summed E-state index contributed by atoms with van der Waals surface area (Å²) < 4.78 is 0. The minimum absolute atomic E-state index is 0.0255. The number of hydrogen-bond acceptors (Lipinski definition) is 2. The molecule has 1 aliphatic rings. The quantitative estimate of drug-likeness (QED) is 0.809. The number of amides is 2. The lowest BCUT2D eigenvalue weighted by molar-refractivity contribution is -0.126. The molecule has 0 aromatic heterocycles. The first-order valence-electron chi connectivity index (χ1n) is 7.89. The number of carbonyl (C=O) groups excluding carboxylic acids is 2. The second kappa shape index (κ2) is 7.58. The van der Waals surface area contributed by atoms with E-state index in [9.17, 15) is 9.59 Å². The van der Waals surface area contributed by atoms with Gasteiger partial charge in [0, 0.05) is 25.0 Å². The van der Waals surface area contributed by atoms with Gasteiger partial charge < -0.3 is 10.2 Å². The summed E-state index contributed by atoms with van der Waals surface area (Å²) in [6.07, 6.45) is 1.96. The molecule has 2 amide bonds. The van der Waals surface area contributed by atoms with Crippen LogP contribution in [0.4, 0.5) is 0 Å². The van der Waals surface area contributed by atoms with Crippen LogP contribution in [-0.2, 0) is 15.0 Å². The molecule has 6 heteroatoms. The summed E-state index contributed by atoms with van der Waals surface area (Å²) in [5.41, 5.74) is 0.728. The van der Waals surface area contributed by atoms with Crippen molar-refractivity contribution in [1.82, 2.24) is 10.2 Å². The second-order valence-corrected chi connectivity index (χ2v) is 7.52. The lowest BCUT2D eigenvalue weighted by atomic mass is 9.84. The van der Waals surface area contributed by atoms with Gasteiger partial charge in [-0.3, -0.25) is 9.59 Å². The molecule has 0 saturated carbocycles. The standard InChI is InChI=1S/C18H22Cl2N2O2/c1-4-16(23)22-8-7-12(10-22)17(24)21-11-18(2,3)13-5-6-14(19)15(20)9-13/h4-6,9,12H,1,7-8,10-11H2,2-3H3,(H,21,24)/t12-/m0/s1. The van der Waals surface area contributed by atoms with Gasteiger partial charge >= 0.3 is 0 Å². The van der Waals surface area contributed by atoms with Crippen LogP contribution in [0.15, 0.2) is 30.9 Å². The Morgan fingerprint density at radius 2 is 2.08 bits per heavy atom. The first-order valence-corrected chi connectivity index (χ1v) is 8.65. The van der Waals surface area contributed by atoms with Gasteiger partial charge in [-0.1, -0.05) is 49.7 Å². The van der Waals surface area contributed by atoms with Gasteiger partial charge in [-0.2, -0.15) is 0 Å². The van der Waals surface area contributed by atoms with E-state index in [0.717, 1.165) is 5.56 Å². The highest BCUT2D eigenvalue weighted by atomic mass is 35.5. The van der Waals surface area contributed by atoms with Crippen molar-refractivity contribution in [3.05, 3.63) is 46.5 Å². The van der Waals surface area contributed by atoms with Gasteiger partial charge in [0.15, 0.2) is 0 Å². The fourth-order valence-electron chi connectivity index (χ4n) is 2.78. The molecule has 1 aliphatic heterocycles. The molecule has 0 unspecified atom stereocenters. The summed E-state index contributed by atoms with van der Waals surface area (Å²) in [5.74, 6) is -0.317. The molecule has 1 fully saturated rings. The summed E-state index contributed by atoms with van der Waals surface area (Å²) in [4.78, 5) is 25.6. The molecule has 0 spiro atoms. The number of nitrogens with zero attached hydrogens (tertiary/aromatic N) is 1. The molecule has 1 heterocycles. The van der Waals surface area contributed by atoms with Crippen LogP contribution in [0.3, 0.4) is 0 Å². The van der Waals surface area contributed by atoms with Crippen LogP contribution in [-0.4, -0.2) is 36.3 Å². The zero-order valence-corrected chi connectivity index (χ0v) is 15.5. The highest BCUT2D eigenvalue weighted by Gasteiger charge is 2.31. The molecule has 0 bridgehead atoms. The summed E-state index contributed by atoms with van der Waals surface area (Å²) >= 11 is 12.0. The maximum atomic E-state index is 12.4. The zero-order valence-electron chi connectivity index (χ0n) is 13.9. The molecule has 0 aliphatic carbocycles. The smallest absolute Gasteiger partial charge is 0.245 e. The van der Waals surface area contributed by atoms with E-state index in [-0.39, 0.29) is 23.1 Å². The lowest BCUT2D eigenvalue weighted by Gasteiger charge is -2.27. The average molecular weight is 369 g/mol. The van der Waals surface area contributed by atoms with Gasteiger partial charge in [-0.05, 0) is 30.2 Å². The van der Waals surface area contributed by atoms with Crippen molar-refractivity contribution in [3.8, 4) is 0 Å². The predicted octanol–water partition coefficient (Wildman–Crippen LogP) is 3.42. The van der Waals surface area contributed by atoms with Crippen LogP contribution in [0.5, 0.6) is 0 Å². The topological polar surface area (TPSA) is 49.4 Å². The minimum Gasteiger partial charge on any atom is -0.355 e. The van der Waals surface area contributed by atoms with Crippen LogP contribution in [0.2, 0.25) is 10.0 Å². The predicted molar refractivity (Wildman–Crippen MR) is 97.4 cm³/mol. The third-order valence-electron chi connectivity index (χ3n) is 4.45. The third-order valence-corrected chi connectivity index (χ3v) is 5.19. The minimum atomic E-state index is -0.279. The fraction of sp³-hybridized carbons (Fsp3) is 0.444. The molecule has 1 atom stereocenters. The monoisotopic (exact) mass is 368 g/mol. The van der Waals surface area contributed by atoms with Crippen molar-refractivity contribution < 1.29 is 9.59 Å². The molecule has 1 N–H and O–H groups in total. The van der Waals surface area contributed by atoms with Crippen molar-refractivity contribution in [2.75, 3.05) is 19.6 Å². The van der Waals surface area contributed by atoms with E-state index in [4.69, 9.17) is 23.2 Å². The number of nitrogens with one attached hydrogen (secondary N) is 1. The van der Waals surface area contributed by atoms with Crippen LogP contribution in [0, 0.1) is 5.92 Å². The zero-order chi connectivity index (χ0) is 17.9. The van der Waals surface area contributed by atoms with Crippen molar-refractivity contribution in [2.24, 2.45) is 5.92 Å². The van der Waals surface area contributed by atoms with Crippen LogP contribution < -0.4 is 5.32 Å². The molecule has 1 aromatic carbocycles. The average Bonchev–Trinajstić information content (AvgIpc) is 3.04. The van der Waals surface area contributed by atoms with E-state index < -0.39 is 0 Å². The molecule has 2 rings (SSSR count). The Bertz CT molecular complexity index is 658. The van der Waals surface area contributed by atoms with Crippen molar-refractivity contribution in [3.63, 3.8) is 0 Å². The Kier molecular flexibility index (Phi) is 5.94. The summed E-state index contributed by atoms with van der Waals surface area (Å²) in [6, 6.07) is 5.51. The number of carbonyl (C=O) groups is 2. The lowest BCUT2D eigenvalue weighted by Crippen LogP contribution is -2.40. The van der Waals surface area contributed by atoms with E-state index in [0.29, 0.717) is 36.1 Å². The van der Waals surface area contributed by atoms with E-state index in [1.807, 2.05) is 26.0 Å². The van der Waals surface area contributed by atoms with Crippen molar-refractivity contribution in [1.29, 1.82) is 0 Å². The molecular formula is C18H22Cl2N2O2. The van der Waals surface area contributed by atoms with Crippen molar-refractivity contribution in [2.45, 2.75) is 25.7 Å². The maximum absolute atomic E-state index is 12.4. The first-order chi connectivity index (χ1) is 11.2. The third kappa shape index (κ3) is 4.31. The Hall–Kier alpha value is -1.52. The van der Waals surface area contributed by atoms with E-state index in [2.05, 4.69) is 11.9 Å². The van der Waals surface area contributed by atoms with Crippen LogP contribution in [0.25, 0.3) is 0 Å². The second-order valence-electron chi connectivity index (χ2n) is 6.70. The van der Waals surface area contributed by atoms with Gasteiger partial charge in [-0.25, -0.2) is 0 Å². The SMILES string of the molecule is C=CC(=O)N1CC[C@H](C(=O)NCC(C)(C)c2ccc(Cl)c(Cl)c2)C1. The first kappa shape index (κ1) is 18.8. The molecule has 24 heavy (non-hydrogen) atoms. The van der Waals surface area contributed by atoms with E-state index in [1.54, 1.807) is 11.0 Å². The molecule has 1 aromatic rings. The summed E-state index contributed by atoms with van der Waals surface area (Å²) in [6.45, 7) is 9.08. The van der Waals surface area contributed by atoms with Crippen LogP contribution in [0.1, 0.15) is 25.8 Å². The molecule has 0 radical (unpaired) electrons. The van der Waals surface area contributed by atoms with Gasteiger partial charge in [0.25, 0.3) is 0 Å². The van der Waals surface area contributed by atoms with Gasteiger partial charge in [0.1, 0.15) is 0 Å². The largest absolute Gasteiger partial charge is 0.355 e. The highest BCUT2D eigenvalue weighted by molar-refractivity contribution is 6.42. The molecule has 1 saturated heterocycles. The van der Waals surface area contributed by atoms with E-state index in [1.165, 1.54) is 6.08 Å². The number of likely N-dealkylation sites (tertiary alicyclic amines) is 1. The Labute approximate surface area is 152 Å². The van der Waals surface area contributed by atoms with E-state index >= 15 is 0 Å². The fourth-order valence-corrected chi connectivity index (χ4v) is 3.07. The highest BCUT2D eigenvalue weighted by Crippen LogP contribution is 2.29. The molecule has 4 nitrogen and oxygen atoms in total. The number of benzene rings is 1.